The number of para-hydroxylation sites is 2. The molecule has 6 nitrogen and oxygen atoms in total. The SMILES string of the molecule is O=c1[nH]c2ccccc2c(=O)n1N=Cc1ccccc1OCc1ccc(Cl)c(Cl)c1. The molecule has 0 radical (unpaired) electrons. The molecule has 0 aliphatic heterocycles. The predicted molar refractivity (Wildman–Crippen MR) is 119 cm³/mol. The third-order valence-electron chi connectivity index (χ3n) is 4.39. The second-order valence-electron chi connectivity index (χ2n) is 6.41. The van der Waals surface area contributed by atoms with E-state index in [1.54, 1.807) is 54.6 Å². The van der Waals surface area contributed by atoms with E-state index < -0.39 is 11.2 Å². The molecule has 0 bridgehead atoms. The fourth-order valence-electron chi connectivity index (χ4n) is 2.89. The number of H-pyrrole nitrogens is 1. The normalized spacial score (nSPS) is 11.3. The second kappa shape index (κ2) is 8.57. The molecule has 0 saturated carbocycles. The van der Waals surface area contributed by atoms with E-state index in [4.69, 9.17) is 27.9 Å². The number of hydrogen-bond donors (Lipinski definition) is 1. The Bertz CT molecular complexity index is 1380. The molecule has 3 aromatic carbocycles. The Labute approximate surface area is 181 Å². The van der Waals surface area contributed by atoms with Gasteiger partial charge in [-0.3, -0.25) is 4.79 Å². The fraction of sp³-hybridized carbons (Fsp3) is 0.0455. The van der Waals surface area contributed by atoms with Crippen molar-refractivity contribution in [3.05, 3.63) is 109 Å². The zero-order valence-corrected chi connectivity index (χ0v) is 17.0. The Morgan fingerprint density at radius 2 is 1.73 bits per heavy atom. The Morgan fingerprint density at radius 1 is 0.967 bits per heavy atom. The van der Waals surface area contributed by atoms with Gasteiger partial charge in [0, 0.05) is 5.56 Å². The molecule has 0 atom stereocenters. The van der Waals surface area contributed by atoms with E-state index >= 15 is 0 Å². The van der Waals surface area contributed by atoms with Crippen molar-refractivity contribution >= 4 is 40.3 Å². The van der Waals surface area contributed by atoms with Crippen LogP contribution >= 0.6 is 23.2 Å². The van der Waals surface area contributed by atoms with Crippen LogP contribution in [0.25, 0.3) is 10.9 Å². The molecule has 1 N–H and O–H groups in total. The number of ether oxygens (including phenoxy) is 1. The standard InChI is InChI=1S/C22H15Cl2N3O3/c23-17-10-9-14(11-18(17)24)13-30-20-8-4-1-5-15(20)12-25-27-21(28)16-6-2-3-7-19(16)26-22(27)29/h1-12H,13H2,(H,26,29). The molecule has 0 amide bonds. The summed E-state index contributed by atoms with van der Waals surface area (Å²) in [5.74, 6) is 0.539. The molecule has 1 heterocycles. The van der Waals surface area contributed by atoms with Crippen molar-refractivity contribution < 1.29 is 4.74 Å². The van der Waals surface area contributed by atoms with Gasteiger partial charge in [-0.05, 0) is 42.0 Å². The quantitative estimate of drug-likeness (QED) is 0.466. The van der Waals surface area contributed by atoms with Crippen LogP contribution in [-0.4, -0.2) is 15.9 Å². The molecule has 30 heavy (non-hydrogen) atoms. The lowest BCUT2D eigenvalue weighted by Crippen LogP contribution is -2.32. The van der Waals surface area contributed by atoms with E-state index in [9.17, 15) is 9.59 Å². The predicted octanol–water partition coefficient (Wildman–Crippen LogP) is 4.46. The summed E-state index contributed by atoms with van der Waals surface area (Å²) in [5.41, 5.74) is 0.795. The monoisotopic (exact) mass is 439 g/mol. The summed E-state index contributed by atoms with van der Waals surface area (Å²) in [6, 6.07) is 19.2. The molecule has 0 aliphatic carbocycles. The molecule has 4 aromatic rings. The third kappa shape index (κ3) is 4.15. The molecule has 0 spiro atoms. The zero-order valence-electron chi connectivity index (χ0n) is 15.5. The maximum atomic E-state index is 12.6. The van der Waals surface area contributed by atoms with Gasteiger partial charge in [-0.2, -0.15) is 5.10 Å². The number of halogens is 2. The molecule has 1 aromatic heterocycles. The summed E-state index contributed by atoms with van der Waals surface area (Å²) in [6.07, 6.45) is 1.41. The molecule has 150 valence electrons. The number of aromatic nitrogens is 2. The molecule has 8 heteroatoms. The van der Waals surface area contributed by atoms with Gasteiger partial charge in [0.05, 0.1) is 27.2 Å². The van der Waals surface area contributed by atoms with E-state index in [2.05, 4.69) is 10.1 Å². The number of nitrogens with zero attached hydrogens (tertiary/aromatic N) is 2. The van der Waals surface area contributed by atoms with Crippen molar-refractivity contribution in [3.8, 4) is 5.75 Å². The highest BCUT2D eigenvalue weighted by Crippen LogP contribution is 2.24. The Hall–Kier alpha value is -3.35. The maximum Gasteiger partial charge on any atom is 0.349 e. The highest BCUT2D eigenvalue weighted by atomic mass is 35.5. The van der Waals surface area contributed by atoms with E-state index in [1.807, 2.05) is 12.1 Å². The summed E-state index contributed by atoms with van der Waals surface area (Å²) >= 11 is 12.0. The molecule has 0 fully saturated rings. The van der Waals surface area contributed by atoms with E-state index in [-0.39, 0.29) is 6.61 Å². The number of fused-ring (bicyclic) bond motifs is 1. The zero-order chi connectivity index (χ0) is 21.1. The van der Waals surface area contributed by atoms with Gasteiger partial charge >= 0.3 is 5.69 Å². The smallest absolute Gasteiger partial charge is 0.349 e. The first-order valence-electron chi connectivity index (χ1n) is 8.97. The second-order valence-corrected chi connectivity index (χ2v) is 7.23. The minimum atomic E-state index is -0.621. The average Bonchev–Trinajstić information content (AvgIpc) is 2.75. The van der Waals surface area contributed by atoms with Crippen molar-refractivity contribution in [2.75, 3.05) is 0 Å². The maximum absolute atomic E-state index is 12.6. The highest BCUT2D eigenvalue weighted by Gasteiger charge is 2.07. The van der Waals surface area contributed by atoms with Gasteiger partial charge in [0.2, 0.25) is 0 Å². The lowest BCUT2D eigenvalue weighted by Gasteiger charge is -2.09. The molecule has 0 aliphatic rings. The third-order valence-corrected chi connectivity index (χ3v) is 5.13. The van der Waals surface area contributed by atoms with Gasteiger partial charge in [0.25, 0.3) is 5.56 Å². The van der Waals surface area contributed by atoms with Crippen LogP contribution in [0.5, 0.6) is 5.75 Å². The molecular formula is C22H15Cl2N3O3. The Balaban J connectivity index is 1.62. The van der Waals surface area contributed by atoms with Gasteiger partial charge in [-0.15, -0.1) is 4.68 Å². The van der Waals surface area contributed by atoms with Gasteiger partial charge < -0.3 is 9.72 Å². The summed E-state index contributed by atoms with van der Waals surface area (Å²) < 4.78 is 6.66. The van der Waals surface area contributed by atoms with Gasteiger partial charge in [0.15, 0.2) is 0 Å². The average molecular weight is 440 g/mol. The van der Waals surface area contributed by atoms with Crippen LogP contribution in [0.4, 0.5) is 0 Å². The lowest BCUT2D eigenvalue weighted by molar-refractivity contribution is 0.306. The summed E-state index contributed by atoms with van der Waals surface area (Å²) in [7, 11) is 0. The number of hydrogen-bond acceptors (Lipinski definition) is 4. The summed E-state index contributed by atoms with van der Waals surface area (Å²) in [5, 5.41) is 5.38. The van der Waals surface area contributed by atoms with Gasteiger partial charge in [-0.1, -0.05) is 53.5 Å². The van der Waals surface area contributed by atoms with Crippen LogP contribution in [0, 0.1) is 0 Å². The van der Waals surface area contributed by atoms with Crippen molar-refractivity contribution in [1.82, 2.24) is 9.66 Å². The Kier molecular flexibility index (Phi) is 5.70. The molecule has 0 unspecified atom stereocenters. The summed E-state index contributed by atoms with van der Waals surface area (Å²) in [4.78, 5) is 27.5. The number of rotatable bonds is 5. The van der Waals surface area contributed by atoms with Crippen LogP contribution in [0.2, 0.25) is 10.0 Å². The van der Waals surface area contributed by atoms with Gasteiger partial charge in [-0.25, -0.2) is 4.79 Å². The first-order valence-corrected chi connectivity index (χ1v) is 9.73. The minimum Gasteiger partial charge on any atom is -0.488 e. The van der Waals surface area contributed by atoms with Crippen LogP contribution in [0.15, 0.2) is 81.4 Å². The Morgan fingerprint density at radius 3 is 2.57 bits per heavy atom. The molecule has 4 rings (SSSR count). The van der Waals surface area contributed by atoms with Crippen LogP contribution < -0.4 is 16.0 Å². The van der Waals surface area contributed by atoms with E-state index in [1.165, 1.54) is 6.21 Å². The molecular weight excluding hydrogens is 425 g/mol. The first-order chi connectivity index (χ1) is 14.5. The number of nitrogens with one attached hydrogen (secondary N) is 1. The lowest BCUT2D eigenvalue weighted by atomic mass is 10.2. The van der Waals surface area contributed by atoms with Crippen molar-refractivity contribution in [3.63, 3.8) is 0 Å². The van der Waals surface area contributed by atoms with Crippen LogP contribution in [-0.2, 0) is 6.61 Å². The van der Waals surface area contributed by atoms with Crippen molar-refractivity contribution in [2.24, 2.45) is 5.10 Å². The first kappa shape index (κ1) is 19.9. The minimum absolute atomic E-state index is 0.262. The summed E-state index contributed by atoms with van der Waals surface area (Å²) in [6.45, 7) is 0.262. The number of benzene rings is 3. The van der Waals surface area contributed by atoms with Crippen LogP contribution in [0.3, 0.4) is 0 Å². The van der Waals surface area contributed by atoms with Gasteiger partial charge in [0.1, 0.15) is 12.4 Å². The van der Waals surface area contributed by atoms with E-state index in [0.29, 0.717) is 32.3 Å². The van der Waals surface area contributed by atoms with Crippen molar-refractivity contribution in [2.45, 2.75) is 6.61 Å². The topological polar surface area (TPSA) is 76.5 Å². The molecule has 0 saturated heterocycles. The van der Waals surface area contributed by atoms with E-state index in [0.717, 1.165) is 10.2 Å². The highest BCUT2D eigenvalue weighted by molar-refractivity contribution is 6.42. The fourth-order valence-corrected chi connectivity index (χ4v) is 3.21. The van der Waals surface area contributed by atoms with Crippen LogP contribution in [0.1, 0.15) is 11.1 Å². The largest absolute Gasteiger partial charge is 0.488 e. The number of aromatic amines is 1. The van der Waals surface area contributed by atoms with Crippen molar-refractivity contribution in [1.29, 1.82) is 0 Å².